The maximum absolute atomic E-state index is 9.92. The molecular weight excluding hydrogens is 136 g/mol. The van der Waals surface area contributed by atoms with E-state index in [0.717, 1.165) is 12.8 Å². The Hall–Kier alpha value is -0.300. The van der Waals surface area contributed by atoms with Gasteiger partial charge in [0.25, 0.3) is 0 Å². The summed E-state index contributed by atoms with van der Waals surface area (Å²) in [5, 5.41) is 9.92. The summed E-state index contributed by atoms with van der Waals surface area (Å²) in [6.07, 6.45) is 7.42. The summed E-state index contributed by atoms with van der Waals surface area (Å²) in [5.41, 5.74) is -0.424. The van der Waals surface area contributed by atoms with E-state index >= 15 is 0 Å². The summed E-state index contributed by atoms with van der Waals surface area (Å²) in [6, 6.07) is 0. The van der Waals surface area contributed by atoms with E-state index in [1.165, 1.54) is 19.3 Å². The van der Waals surface area contributed by atoms with Crippen molar-refractivity contribution >= 4 is 0 Å². The normalized spacial score (nSPS) is 23.8. The zero-order chi connectivity index (χ0) is 8.32. The van der Waals surface area contributed by atoms with Crippen molar-refractivity contribution in [2.45, 2.75) is 44.6 Å². The lowest BCUT2D eigenvalue weighted by Gasteiger charge is -2.38. The molecule has 11 heavy (non-hydrogen) atoms. The molecule has 1 saturated carbocycles. The minimum absolute atomic E-state index is 0.424. The van der Waals surface area contributed by atoms with E-state index in [1.54, 1.807) is 0 Å². The lowest BCUT2D eigenvalue weighted by atomic mass is 9.72. The van der Waals surface area contributed by atoms with Crippen LogP contribution in [-0.2, 0) is 0 Å². The Morgan fingerprint density at radius 1 is 1.64 bits per heavy atom. The van der Waals surface area contributed by atoms with Crippen LogP contribution in [0.25, 0.3) is 0 Å². The fourth-order valence-corrected chi connectivity index (χ4v) is 1.63. The van der Waals surface area contributed by atoms with Crippen molar-refractivity contribution in [3.8, 4) is 0 Å². The maximum atomic E-state index is 9.92. The zero-order valence-electron chi connectivity index (χ0n) is 7.34. The highest BCUT2D eigenvalue weighted by atomic mass is 16.3. The fourth-order valence-electron chi connectivity index (χ4n) is 1.63. The molecule has 0 amide bonds. The summed E-state index contributed by atoms with van der Waals surface area (Å²) in [6.45, 7) is 5.61. The van der Waals surface area contributed by atoms with Crippen LogP contribution in [0.15, 0.2) is 12.7 Å². The molecule has 0 aromatic rings. The second-order valence-corrected chi connectivity index (χ2v) is 3.81. The third kappa shape index (κ3) is 2.06. The van der Waals surface area contributed by atoms with Crippen LogP contribution < -0.4 is 0 Å². The van der Waals surface area contributed by atoms with Gasteiger partial charge in [-0.3, -0.25) is 0 Å². The first kappa shape index (κ1) is 8.79. The Morgan fingerprint density at radius 3 is 2.64 bits per heavy atom. The van der Waals surface area contributed by atoms with Gasteiger partial charge in [0, 0.05) is 0 Å². The second-order valence-electron chi connectivity index (χ2n) is 3.81. The lowest BCUT2D eigenvalue weighted by molar-refractivity contribution is -0.0402. The van der Waals surface area contributed by atoms with E-state index in [-0.39, 0.29) is 0 Å². The summed E-state index contributed by atoms with van der Waals surface area (Å²) >= 11 is 0. The minimum atomic E-state index is -0.424. The van der Waals surface area contributed by atoms with E-state index in [1.807, 2.05) is 13.0 Å². The van der Waals surface area contributed by atoms with E-state index in [2.05, 4.69) is 6.58 Å². The topological polar surface area (TPSA) is 20.2 Å². The number of rotatable bonds is 4. The van der Waals surface area contributed by atoms with Crippen LogP contribution in [0.4, 0.5) is 0 Å². The molecule has 1 aliphatic carbocycles. The van der Waals surface area contributed by atoms with Crippen molar-refractivity contribution in [3.05, 3.63) is 12.7 Å². The first-order valence-electron chi connectivity index (χ1n) is 4.50. The molecule has 1 nitrogen and oxygen atoms in total. The molecule has 0 spiro atoms. The average molecular weight is 154 g/mol. The molecule has 0 bridgehead atoms. The van der Waals surface area contributed by atoms with Gasteiger partial charge in [0.2, 0.25) is 0 Å². The first-order chi connectivity index (χ1) is 5.17. The molecule has 1 N–H and O–H groups in total. The summed E-state index contributed by atoms with van der Waals surface area (Å²) in [5.74, 6) is 0.558. The van der Waals surface area contributed by atoms with Crippen molar-refractivity contribution in [2.75, 3.05) is 0 Å². The van der Waals surface area contributed by atoms with Crippen LogP contribution in [-0.4, -0.2) is 10.7 Å². The molecule has 1 unspecified atom stereocenters. The van der Waals surface area contributed by atoms with Gasteiger partial charge in [-0.25, -0.2) is 0 Å². The van der Waals surface area contributed by atoms with E-state index in [4.69, 9.17) is 0 Å². The van der Waals surface area contributed by atoms with Crippen molar-refractivity contribution in [2.24, 2.45) is 5.92 Å². The zero-order valence-corrected chi connectivity index (χ0v) is 7.34. The highest BCUT2D eigenvalue weighted by molar-refractivity contribution is 4.89. The van der Waals surface area contributed by atoms with Crippen LogP contribution in [0.3, 0.4) is 0 Å². The Balaban J connectivity index is 2.30. The van der Waals surface area contributed by atoms with Gasteiger partial charge in [0.15, 0.2) is 0 Å². The van der Waals surface area contributed by atoms with Gasteiger partial charge >= 0.3 is 0 Å². The number of allylic oxidation sites excluding steroid dienone is 1. The summed E-state index contributed by atoms with van der Waals surface area (Å²) < 4.78 is 0. The Morgan fingerprint density at radius 2 is 2.27 bits per heavy atom. The van der Waals surface area contributed by atoms with Gasteiger partial charge in [-0.05, 0) is 38.5 Å². The lowest BCUT2D eigenvalue weighted by Crippen LogP contribution is -2.38. The molecule has 0 saturated heterocycles. The van der Waals surface area contributed by atoms with Crippen molar-refractivity contribution < 1.29 is 5.11 Å². The molecule has 1 heteroatoms. The predicted molar refractivity (Wildman–Crippen MR) is 47.4 cm³/mol. The fraction of sp³-hybridized carbons (Fsp3) is 0.800. The van der Waals surface area contributed by atoms with E-state index in [9.17, 15) is 5.11 Å². The SMILES string of the molecule is C=CCCC(C)(O)C1CCC1. The molecular formula is C10H18O. The summed E-state index contributed by atoms with van der Waals surface area (Å²) in [4.78, 5) is 0. The molecule has 64 valence electrons. The van der Waals surface area contributed by atoms with Crippen LogP contribution >= 0.6 is 0 Å². The largest absolute Gasteiger partial charge is 0.390 e. The predicted octanol–water partition coefficient (Wildman–Crippen LogP) is 2.50. The Labute approximate surface area is 69.1 Å². The van der Waals surface area contributed by atoms with E-state index < -0.39 is 5.60 Å². The highest BCUT2D eigenvalue weighted by Gasteiger charge is 2.34. The number of aliphatic hydroxyl groups is 1. The van der Waals surface area contributed by atoms with Gasteiger partial charge in [0.1, 0.15) is 0 Å². The quantitative estimate of drug-likeness (QED) is 0.617. The van der Waals surface area contributed by atoms with Crippen molar-refractivity contribution in [1.29, 1.82) is 0 Å². The van der Waals surface area contributed by atoms with Crippen molar-refractivity contribution in [3.63, 3.8) is 0 Å². The third-order valence-electron chi connectivity index (χ3n) is 2.84. The van der Waals surface area contributed by atoms with Crippen LogP contribution in [0.5, 0.6) is 0 Å². The van der Waals surface area contributed by atoms with E-state index in [0.29, 0.717) is 5.92 Å². The number of hydrogen-bond acceptors (Lipinski definition) is 1. The molecule has 1 atom stereocenters. The van der Waals surface area contributed by atoms with Gasteiger partial charge in [0.05, 0.1) is 5.60 Å². The summed E-state index contributed by atoms with van der Waals surface area (Å²) in [7, 11) is 0. The maximum Gasteiger partial charge on any atom is 0.0650 e. The molecule has 0 aromatic heterocycles. The Bertz CT molecular complexity index is 134. The highest BCUT2D eigenvalue weighted by Crippen LogP contribution is 2.38. The molecule has 1 fully saturated rings. The average Bonchev–Trinajstić information content (AvgIpc) is 1.78. The van der Waals surface area contributed by atoms with Gasteiger partial charge in [-0.1, -0.05) is 12.5 Å². The monoisotopic (exact) mass is 154 g/mol. The molecule has 0 heterocycles. The van der Waals surface area contributed by atoms with Crippen molar-refractivity contribution in [1.82, 2.24) is 0 Å². The van der Waals surface area contributed by atoms with Gasteiger partial charge in [-0.2, -0.15) is 0 Å². The standard InChI is InChI=1S/C10H18O/c1-3-4-8-10(2,11)9-6-5-7-9/h3,9,11H,1,4-8H2,2H3. The van der Waals surface area contributed by atoms with Crippen LogP contribution in [0.1, 0.15) is 39.0 Å². The minimum Gasteiger partial charge on any atom is -0.390 e. The number of hydrogen-bond donors (Lipinski definition) is 1. The molecule has 0 aliphatic heterocycles. The smallest absolute Gasteiger partial charge is 0.0650 e. The van der Waals surface area contributed by atoms with Crippen LogP contribution in [0.2, 0.25) is 0 Å². The Kier molecular flexibility index (Phi) is 2.72. The third-order valence-corrected chi connectivity index (χ3v) is 2.84. The first-order valence-corrected chi connectivity index (χ1v) is 4.50. The van der Waals surface area contributed by atoms with Gasteiger partial charge in [-0.15, -0.1) is 6.58 Å². The molecule has 0 aromatic carbocycles. The second kappa shape index (κ2) is 3.40. The molecule has 1 aliphatic rings. The molecule has 1 rings (SSSR count). The van der Waals surface area contributed by atoms with Crippen LogP contribution in [0, 0.1) is 5.92 Å². The molecule has 0 radical (unpaired) electrons. The van der Waals surface area contributed by atoms with Gasteiger partial charge < -0.3 is 5.11 Å².